The minimum atomic E-state index is -4.68. The van der Waals surface area contributed by atoms with Gasteiger partial charge in [0.15, 0.2) is 11.5 Å². The predicted molar refractivity (Wildman–Crippen MR) is 84.3 cm³/mol. The number of aromatic nitrogens is 4. The second kappa shape index (κ2) is 5.34. The molecule has 0 radical (unpaired) electrons. The molecule has 0 bridgehead atoms. The molecular formula is C12H15ClN5O6P. The summed E-state index contributed by atoms with van der Waals surface area (Å²) in [5.74, 6) is -0.176. The summed E-state index contributed by atoms with van der Waals surface area (Å²) in [5.41, 5.74) is 5.47. The molecule has 2 fully saturated rings. The topological polar surface area (TPSA) is 177 Å². The molecule has 0 spiro atoms. The van der Waals surface area contributed by atoms with Crippen LogP contribution >= 0.6 is 19.4 Å². The molecule has 4 rings (SSSR count). The Balaban J connectivity index is 1.70. The van der Waals surface area contributed by atoms with Crippen molar-refractivity contribution in [3.63, 3.8) is 0 Å². The highest BCUT2D eigenvalue weighted by Crippen LogP contribution is 2.68. The molecule has 2 aromatic heterocycles. The van der Waals surface area contributed by atoms with Gasteiger partial charge in [-0.05, 0) is 23.9 Å². The molecule has 136 valence electrons. The van der Waals surface area contributed by atoms with Crippen LogP contribution in [0.25, 0.3) is 11.2 Å². The summed E-state index contributed by atoms with van der Waals surface area (Å²) in [4.78, 5) is 29.8. The molecule has 0 amide bonds. The van der Waals surface area contributed by atoms with E-state index in [2.05, 4.69) is 19.5 Å². The third kappa shape index (κ3) is 2.55. The van der Waals surface area contributed by atoms with E-state index in [1.165, 1.54) is 6.33 Å². The fourth-order valence-corrected chi connectivity index (χ4v) is 4.44. The lowest BCUT2D eigenvalue weighted by Crippen LogP contribution is -2.35. The molecular weight excluding hydrogens is 377 g/mol. The van der Waals surface area contributed by atoms with Crippen LogP contribution < -0.4 is 5.73 Å². The van der Waals surface area contributed by atoms with E-state index in [1.54, 1.807) is 4.57 Å². The van der Waals surface area contributed by atoms with E-state index in [0.717, 1.165) is 0 Å². The fraction of sp³-hybridized carbons (Fsp3) is 0.583. The number of imidazole rings is 1. The molecule has 13 heteroatoms. The largest absolute Gasteiger partial charge is 0.469 e. The van der Waals surface area contributed by atoms with Crippen molar-refractivity contribution in [3.05, 3.63) is 11.6 Å². The molecule has 2 aliphatic rings. The number of fused-ring (bicyclic) bond motifs is 2. The second-order valence-corrected chi connectivity index (χ2v) is 8.01. The van der Waals surface area contributed by atoms with Crippen molar-refractivity contribution in [1.82, 2.24) is 19.5 Å². The quantitative estimate of drug-likeness (QED) is 0.335. The maximum atomic E-state index is 11.0. The molecule has 5 atom stereocenters. The standard InChI is InChI=1S/C12H15ClN5O6P/c13-11-16-9(14)5-10(17-11)18(3-15-5)6-4-1-12(4,8(20)7(6)19)2-24-25(21,22)23/h3-4,6-8,19-20H,1-2H2,(H2,14,16,17)(H2,21,22,23)/t4-,6-,7+,8+,12+/m1/s1. The van der Waals surface area contributed by atoms with Gasteiger partial charge in [0.25, 0.3) is 0 Å². The predicted octanol–water partition coefficient (Wildman–Crippen LogP) is -0.546. The van der Waals surface area contributed by atoms with E-state index in [0.29, 0.717) is 17.6 Å². The summed E-state index contributed by atoms with van der Waals surface area (Å²) in [7, 11) is -4.68. The lowest BCUT2D eigenvalue weighted by molar-refractivity contribution is -0.0297. The number of rotatable bonds is 4. The first-order chi connectivity index (χ1) is 11.6. The maximum Gasteiger partial charge on any atom is 0.469 e. The van der Waals surface area contributed by atoms with E-state index < -0.39 is 31.5 Å². The minimum absolute atomic E-state index is 0.0771. The number of halogens is 1. The van der Waals surface area contributed by atoms with Crippen LogP contribution in [-0.2, 0) is 9.09 Å². The van der Waals surface area contributed by atoms with Crippen molar-refractivity contribution in [2.75, 3.05) is 12.3 Å². The van der Waals surface area contributed by atoms with E-state index in [4.69, 9.17) is 27.1 Å². The Kier molecular flexibility index (Phi) is 3.65. The van der Waals surface area contributed by atoms with Gasteiger partial charge in [-0.1, -0.05) is 0 Å². The summed E-state index contributed by atoms with van der Waals surface area (Å²) < 4.78 is 17.1. The normalized spacial score (nSPS) is 34.4. The maximum absolute atomic E-state index is 11.0. The number of aliphatic hydroxyl groups is 2. The van der Waals surface area contributed by atoms with Crippen LogP contribution in [-0.4, -0.2) is 58.3 Å². The first kappa shape index (κ1) is 17.1. The smallest absolute Gasteiger partial charge is 0.390 e. The third-order valence-corrected chi connectivity index (χ3v) is 5.73. The Morgan fingerprint density at radius 1 is 1.44 bits per heavy atom. The van der Waals surface area contributed by atoms with Crippen molar-refractivity contribution < 1.29 is 29.1 Å². The van der Waals surface area contributed by atoms with Crippen LogP contribution in [0.2, 0.25) is 5.28 Å². The van der Waals surface area contributed by atoms with Crippen LogP contribution in [0.3, 0.4) is 0 Å². The molecule has 0 unspecified atom stereocenters. The van der Waals surface area contributed by atoms with E-state index >= 15 is 0 Å². The Morgan fingerprint density at radius 3 is 2.84 bits per heavy atom. The molecule has 25 heavy (non-hydrogen) atoms. The summed E-state index contributed by atoms with van der Waals surface area (Å²) in [6.07, 6.45) is -0.540. The van der Waals surface area contributed by atoms with Crippen LogP contribution in [0.15, 0.2) is 6.33 Å². The van der Waals surface area contributed by atoms with Crippen molar-refractivity contribution in [2.24, 2.45) is 11.3 Å². The average molecular weight is 392 g/mol. The number of nitrogen functional groups attached to an aromatic ring is 1. The van der Waals surface area contributed by atoms with Gasteiger partial charge in [-0.3, -0.25) is 4.52 Å². The molecule has 0 saturated heterocycles. The van der Waals surface area contributed by atoms with Crippen LogP contribution in [0.5, 0.6) is 0 Å². The molecule has 0 aliphatic heterocycles. The Labute approximate surface area is 145 Å². The zero-order valence-electron chi connectivity index (χ0n) is 12.6. The molecule has 2 heterocycles. The molecule has 2 aliphatic carbocycles. The van der Waals surface area contributed by atoms with Gasteiger partial charge in [-0.15, -0.1) is 0 Å². The highest BCUT2D eigenvalue weighted by Gasteiger charge is 2.72. The summed E-state index contributed by atoms with van der Waals surface area (Å²) in [6.45, 7) is -0.360. The number of nitrogens with zero attached hydrogens (tertiary/aromatic N) is 4. The Hall–Kier alpha value is -1.33. The van der Waals surface area contributed by atoms with Gasteiger partial charge in [0.1, 0.15) is 11.6 Å². The first-order valence-corrected chi connectivity index (χ1v) is 9.27. The lowest BCUT2D eigenvalue weighted by Gasteiger charge is -2.24. The monoisotopic (exact) mass is 391 g/mol. The summed E-state index contributed by atoms with van der Waals surface area (Å²) in [5, 5.41) is 20.8. The van der Waals surface area contributed by atoms with E-state index in [-0.39, 0.29) is 23.6 Å². The van der Waals surface area contributed by atoms with Gasteiger partial charge in [0.2, 0.25) is 5.28 Å². The van der Waals surface area contributed by atoms with Crippen LogP contribution in [0.1, 0.15) is 12.5 Å². The summed E-state index contributed by atoms with van der Waals surface area (Å²) >= 11 is 5.84. The zero-order chi connectivity index (χ0) is 18.1. The van der Waals surface area contributed by atoms with Crippen molar-refractivity contribution in [2.45, 2.75) is 24.7 Å². The van der Waals surface area contributed by atoms with Crippen LogP contribution in [0, 0.1) is 11.3 Å². The molecule has 2 aromatic rings. The van der Waals surface area contributed by atoms with Gasteiger partial charge < -0.3 is 30.3 Å². The molecule has 2 saturated carbocycles. The highest BCUT2D eigenvalue weighted by atomic mass is 35.5. The lowest BCUT2D eigenvalue weighted by atomic mass is 10.0. The number of aliphatic hydroxyl groups excluding tert-OH is 2. The van der Waals surface area contributed by atoms with Crippen molar-refractivity contribution >= 4 is 36.4 Å². The van der Waals surface area contributed by atoms with E-state index in [1.807, 2.05) is 0 Å². The number of phosphoric ester groups is 1. The summed E-state index contributed by atoms with van der Waals surface area (Å²) in [6, 6.07) is -0.606. The van der Waals surface area contributed by atoms with Gasteiger partial charge in [0, 0.05) is 5.41 Å². The SMILES string of the molecule is Nc1nc(Cl)nc2c1ncn2[C@H]1[C@H](O)[C@H](O)[C@]2(COP(=O)(O)O)C[C@H]12. The second-order valence-electron chi connectivity index (χ2n) is 6.44. The number of hydrogen-bond donors (Lipinski definition) is 5. The minimum Gasteiger partial charge on any atom is -0.390 e. The fourth-order valence-electron chi connectivity index (χ4n) is 3.86. The molecule has 0 aromatic carbocycles. The van der Waals surface area contributed by atoms with Gasteiger partial charge in [-0.2, -0.15) is 9.97 Å². The van der Waals surface area contributed by atoms with Gasteiger partial charge in [0.05, 0.1) is 25.1 Å². The highest BCUT2D eigenvalue weighted by molar-refractivity contribution is 7.46. The Bertz CT molecular complexity index is 903. The van der Waals surface area contributed by atoms with E-state index in [9.17, 15) is 14.8 Å². The Morgan fingerprint density at radius 2 is 2.16 bits per heavy atom. The third-order valence-electron chi connectivity index (χ3n) is 5.10. The van der Waals surface area contributed by atoms with Gasteiger partial charge >= 0.3 is 7.82 Å². The number of anilines is 1. The zero-order valence-corrected chi connectivity index (χ0v) is 14.2. The first-order valence-electron chi connectivity index (χ1n) is 7.36. The molecule has 11 nitrogen and oxygen atoms in total. The number of nitrogens with two attached hydrogens (primary N) is 1. The van der Waals surface area contributed by atoms with Crippen molar-refractivity contribution in [3.8, 4) is 0 Å². The molecule has 6 N–H and O–H groups in total. The number of hydrogen-bond acceptors (Lipinski definition) is 8. The van der Waals surface area contributed by atoms with Crippen molar-refractivity contribution in [1.29, 1.82) is 0 Å². The average Bonchev–Trinajstić information content (AvgIpc) is 3.01. The van der Waals surface area contributed by atoms with Crippen LogP contribution in [0.4, 0.5) is 5.82 Å². The number of phosphoric acid groups is 1. The van der Waals surface area contributed by atoms with Gasteiger partial charge in [-0.25, -0.2) is 9.55 Å².